The first-order valence-electron chi connectivity index (χ1n) is 7.19. The molecule has 0 N–H and O–H groups in total. The SMILES string of the molecule is c1cc(N(C[C@H]2CO2)C[C@H]2CO2)ccc1OC[C@@H]1CO1. The topological polar surface area (TPSA) is 50.1 Å². The van der Waals surface area contributed by atoms with E-state index < -0.39 is 0 Å². The van der Waals surface area contributed by atoms with E-state index in [1.807, 2.05) is 12.1 Å². The van der Waals surface area contributed by atoms with Gasteiger partial charge in [-0.05, 0) is 24.3 Å². The molecular weight excluding hydrogens is 258 g/mol. The number of hydrogen-bond donors (Lipinski definition) is 0. The lowest BCUT2D eigenvalue weighted by molar-refractivity contribution is 0.263. The van der Waals surface area contributed by atoms with Crippen molar-refractivity contribution in [2.45, 2.75) is 18.3 Å². The molecule has 0 unspecified atom stereocenters. The van der Waals surface area contributed by atoms with Gasteiger partial charge < -0.3 is 23.8 Å². The Hall–Kier alpha value is -1.30. The van der Waals surface area contributed by atoms with Gasteiger partial charge in [-0.3, -0.25) is 0 Å². The average Bonchev–Trinajstić information content (AvgIpc) is 3.32. The van der Waals surface area contributed by atoms with Gasteiger partial charge in [-0.25, -0.2) is 0 Å². The Morgan fingerprint density at radius 1 is 0.900 bits per heavy atom. The summed E-state index contributed by atoms with van der Waals surface area (Å²) in [6.45, 7) is 5.12. The lowest BCUT2D eigenvalue weighted by Gasteiger charge is -2.23. The molecule has 3 fully saturated rings. The monoisotopic (exact) mass is 277 g/mol. The summed E-state index contributed by atoms with van der Waals surface area (Å²) >= 11 is 0. The van der Waals surface area contributed by atoms with Gasteiger partial charge in [0.2, 0.25) is 0 Å². The van der Waals surface area contributed by atoms with Crippen LogP contribution >= 0.6 is 0 Å². The van der Waals surface area contributed by atoms with E-state index in [2.05, 4.69) is 17.0 Å². The highest BCUT2D eigenvalue weighted by Gasteiger charge is 2.30. The standard InChI is InChI=1S/C15H19NO4/c1-3-12(17-9-15-10-20-15)4-2-11(1)16(5-13-7-18-13)6-14-8-19-14/h1-4,13-15H,5-10H2/t13-,14-,15+/m0/s1. The van der Waals surface area contributed by atoms with Gasteiger partial charge >= 0.3 is 0 Å². The van der Waals surface area contributed by atoms with Crippen LogP contribution in [0, 0.1) is 0 Å². The number of nitrogens with zero attached hydrogens (tertiary/aromatic N) is 1. The Kier molecular flexibility index (Phi) is 3.26. The molecule has 0 amide bonds. The first kappa shape index (κ1) is 12.4. The van der Waals surface area contributed by atoms with E-state index in [0.29, 0.717) is 24.9 Å². The van der Waals surface area contributed by atoms with Crippen LogP contribution in [0.25, 0.3) is 0 Å². The summed E-state index contributed by atoms with van der Waals surface area (Å²) in [4.78, 5) is 2.34. The molecule has 0 bridgehead atoms. The fraction of sp³-hybridized carbons (Fsp3) is 0.600. The molecule has 5 nitrogen and oxygen atoms in total. The molecule has 20 heavy (non-hydrogen) atoms. The second-order valence-corrected chi connectivity index (χ2v) is 5.58. The maximum Gasteiger partial charge on any atom is 0.119 e. The van der Waals surface area contributed by atoms with Gasteiger partial charge in [0.05, 0.1) is 32.0 Å². The minimum atomic E-state index is 0.296. The molecular formula is C15H19NO4. The number of anilines is 1. The van der Waals surface area contributed by atoms with Gasteiger partial charge in [-0.2, -0.15) is 0 Å². The molecule has 0 aliphatic carbocycles. The van der Waals surface area contributed by atoms with Crippen molar-refractivity contribution in [1.82, 2.24) is 0 Å². The molecule has 0 saturated carbocycles. The number of hydrogen-bond acceptors (Lipinski definition) is 5. The van der Waals surface area contributed by atoms with E-state index in [9.17, 15) is 0 Å². The number of rotatable bonds is 8. The van der Waals surface area contributed by atoms with Crippen LogP contribution in [0.5, 0.6) is 5.75 Å². The van der Waals surface area contributed by atoms with E-state index >= 15 is 0 Å². The molecule has 3 heterocycles. The molecule has 4 rings (SSSR count). The quantitative estimate of drug-likeness (QED) is 0.665. The van der Waals surface area contributed by atoms with E-state index in [4.69, 9.17) is 18.9 Å². The molecule has 0 radical (unpaired) electrons. The minimum Gasteiger partial charge on any atom is -0.491 e. The molecule has 3 aliphatic heterocycles. The smallest absolute Gasteiger partial charge is 0.119 e. The second-order valence-electron chi connectivity index (χ2n) is 5.58. The first-order valence-corrected chi connectivity index (χ1v) is 7.19. The highest BCUT2D eigenvalue weighted by atomic mass is 16.6. The molecule has 3 atom stereocenters. The summed E-state index contributed by atoms with van der Waals surface area (Å²) in [6.07, 6.45) is 1.07. The summed E-state index contributed by atoms with van der Waals surface area (Å²) < 4.78 is 21.5. The Labute approximate surface area is 118 Å². The van der Waals surface area contributed by atoms with Gasteiger partial charge in [-0.1, -0.05) is 0 Å². The minimum absolute atomic E-state index is 0.296. The van der Waals surface area contributed by atoms with Crippen molar-refractivity contribution in [3.63, 3.8) is 0 Å². The van der Waals surface area contributed by atoms with Crippen molar-refractivity contribution in [2.75, 3.05) is 44.4 Å². The maximum atomic E-state index is 5.66. The van der Waals surface area contributed by atoms with Crippen LogP contribution in [0.1, 0.15) is 0 Å². The molecule has 5 heteroatoms. The summed E-state index contributed by atoms with van der Waals surface area (Å²) in [6, 6.07) is 8.25. The predicted octanol–water partition coefficient (Wildman–Crippen LogP) is 1.07. The van der Waals surface area contributed by atoms with Crippen LogP contribution in [-0.4, -0.2) is 57.8 Å². The van der Waals surface area contributed by atoms with Crippen LogP contribution in [0.4, 0.5) is 5.69 Å². The van der Waals surface area contributed by atoms with E-state index in [1.54, 1.807) is 0 Å². The summed E-state index contributed by atoms with van der Waals surface area (Å²) in [7, 11) is 0. The van der Waals surface area contributed by atoms with Gasteiger partial charge in [0.1, 0.15) is 18.5 Å². The van der Waals surface area contributed by atoms with Crippen molar-refractivity contribution in [1.29, 1.82) is 0 Å². The lowest BCUT2D eigenvalue weighted by Crippen LogP contribution is -2.31. The predicted molar refractivity (Wildman–Crippen MR) is 73.4 cm³/mol. The van der Waals surface area contributed by atoms with Crippen LogP contribution in [-0.2, 0) is 14.2 Å². The van der Waals surface area contributed by atoms with Crippen LogP contribution in [0.15, 0.2) is 24.3 Å². The molecule has 108 valence electrons. The molecule has 0 spiro atoms. The lowest BCUT2D eigenvalue weighted by atomic mass is 10.2. The Bertz CT molecular complexity index is 437. The number of ether oxygens (including phenoxy) is 4. The van der Waals surface area contributed by atoms with Crippen molar-refractivity contribution in [2.24, 2.45) is 0 Å². The van der Waals surface area contributed by atoms with E-state index in [-0.39, 0.29) is 0 Å². The molecule has 1 aromatic rings. The van der Waals surface area contributed by atoms with Gasteiger partial charge in [0, 0.05) is 18.8 Å². The summed E-state index contributed by atoms with van der Waals surface area (Å²) in [5.41, 5.74) is 1.20. The third-order valence-electron chi connectivity index (χ3n) is 3.69. The zero-order chi connectivity index (χ0) is 13.4. The second kappa shape index (κ2) is 5.24. The van der Waals surface area contributed by atoms with Gasteiger partial charge in [-0.15, -0.1) is 0 Å². The molecule has 3 aliphatic rings. The number of benzene rings is 1. The molecule has 0 aromatic heterocycles. The van der Waals surface area contributed by atoms with Crippen molar-refractivity contribution in [3.8, 4) is 5.75 Å². The zero-order valence-electron chi connectivity index (χ0n) is 11.4. The maximum absolute atomic E-state index is 5.66. The Morgan fingerprint density at radius 2 is 1.45 bits per heavy atom. The number of epoxide rings is 3. The van der Waals surface area contributed by atoms with Crippen LogP contribution in [0.3, 0.4) is 0 Å². The van der Waals surface area contributed by atoms with Crippen LogP contribution in [0.2, 0.25) is 0 Å². The fourth-order valence-electron chi connectivity index (χ4n) is 2.23. The molecule has 1 aromatic carbocycles. The van der Waals surface area contributed by atoms with Crippen molar-refractivity contribution in [3.05, 3.63) is 24.3 Å². The highest BCUT2D eigenvalue weighted by Crippen LogP contribution is 2.25. The summed E-state index contributed by atoms with van der Waals surface area (Å²) in [5, 5.41) is 0. The fourth-order valence-corrected chi connectivity index (χ4v) is 2.23. The highest BCUT2D eigenvalue weighted by molar-refractivity contribution is 5.49. The van der Waals surface area contributed by atoms with E-state index in [0.717, 1.165) is 38.7 Å². The van der Waals surface area contributed by atoms with Crippen molar-refractivity contribution >= 4 is 5.69 Å². The van der Waals surface area contributed by atoms with Crippen molar-refractivity contribution < 1.29 is 18.9 Å². The third-order valence-corrected chi connectivity index (χ3v) is 3.69. The van der Waals surface area contributed by atoms with Crippen LogP contribution < -0.4 is 9.64 Å². The Morgan fingerprint density at radius 3 is 1.95 bits per heavy atom. The average molecular weight is 277 g/mol. The van der Waals surface area contributed by atoms with Gasteiger partial charge in [0.15, 0.2) is 0 Å². The first-order chi connectivity index (χ1) is 9.87. The van der Waals surface area contributed by atoms with Gasteiger partial charge in [0.25, 0.3) is 0 Å². The third kappa shape index (κ3) is 3.42. The summed E-state index contributed by atoms with van der Waals surface area (Å²) in [5.74, 6) is 0.898. The largest absolute Gasteiger partial charge is 0.491 e. The normalized spacial score (nSPS) is 29.9. The molecule has 3 saturated heterocycles. The van der Waals surface area contributed by atoms with E-state index in [1.165, 1.54) is 5.69 Å². The zero-order valence-corrected chi connectivity index (χ0v) is 11.4. The Balaban J connectivity index is 1.38.